The van der Waals surface area contributed by atoms with E-state index in [1.54, 1.807) is 12.1 Å². The molecule has 1 fully saturated rings. The molecule has 3 rings (SSSR count). The first kappa shape index (κ1) is 13.9. The van der Waals surface area contributed by atoms with Gasteiger partial charge in [0.2, 0.25) is 0 Å². The summed E-state index contributed by atoms with van der Waals surface area (Å²) in [6.45, 7) is 4.76. The largest absolute Gasteiger partial charge is 0.508 e. The summed E-state index contributed by atoms with van der Waals surface area (Å²) in [4.78, 5) is 2.33. The average Bonchev–Trinajstić information content (AvgIpc) is 2.53. The van der Waals surface area contributed by atoms with Gasteiger partial charge in [-0.3, -0.25) is 4.90 Å². The standard InChI is InChI=1S/C17H20N2O2/c20-17-7-6-16(21-15-4-2-1-3-5-15)12-14(17)13-19-10-8-18-9-11-19/h1-7,12,18,20H,8-11,13H2. The number of para-hydroxylation sites is 1. The number of nitrogens with one attached hydrogen (secondary N) is 1. The number of benzene rings is 2. The molecule has 0 unspecified atom stereocenters. The number of ether oxygens (including phenoxy) is 1. The highest BCUT2D eigenvalue weighted by Gasteiger charge is 2.13. The lowest BCUT2D eigenvalue weighted by atomic mass is 10.1. The van der Waals surface area contributed by atoms with Gasteiger partial charge >= 0.3 is 0 Å². The lowest BCUT2D eigenvalue weighted by Gasteiger charge is -2.27. The van der Waals surface area contributed by atoms with Crippen molar-refractivity contribution >= 4 is 0 Å². The van der Waals surface area contributed by atoms with Crippen LogP contribution in [0.1, 0.15) is 5.56 Å². The molecule has 4 heteroatoms. The molecule has 0 radical (unpaired) electrons. The Balaban J connectivity index is 1.73. The van der Waals surface area contributed by atoms with Gasteiger partial charge in [-0.05, 0) is 30.3 Å². The fraction of sp³-hybridized carbons (Fsp3) is 0.294. The van der Waals surface area contributed by atoms with Crippen molar-refractivity contribution in [2.75, 3.05) is 26.2 Å². The highest BCUT2D eigenvalue weighted by atomic mass is 16.5. The Morgan fingerprint density at radius 2 is 1.76 bits per heavy atom. The number of piperazine rings is 1. The highest BCUT2D eigenvalue weighted by Crippen LogP contribution is 2.27. The van der Waals surface area contributed by atoms with Crippen LogP contribution in [0, 0.1) is 0 Å². The molecule has 0 saturated carbocycles. The monoisotopic (exact) mass is 284 g/mol. The van der Waals surface area contributed by atoms with Crippen LogP contribution < -0.4 is 10.1 Å². The molecule has 1 aliphatic rings. The topological polar surface area (TPSA) is 44.7 Å². The summed E-state index contributed by atoms with van der Waals surface area (Å²) in [6.07, 6.45) is 0. The van der Waals surface area contributed by atoms with E-state index in [4.69, 9.17) is 4.74 Å². The van der Waals surface area contributed by atoms with Crippen LogP contribution in [0.5, 0.6) is 17.2 Å². The van der Waals surface area contributed by atoms with Crippen LogP contribution in [-0.4, -0.2) is 36.2 Å². The van der Waals surface area contributed by atoms with E-state index in [9.17, 15) is 5.11 Å². The van der Waals surface area contributed by atoms with E-state index in [0.29, 0.717) is 5.75 Å². The zero-order valence-corrected chi connectivity index (χ0v) is 12.0. The summed E-state index contributed by atoms with van der Waals surface area (Å²) in [6, 6.07) is 15.1. The Bertz CT molecular complexity index is 581. The summed E-state index contributed by atoms with van der Waals surface area (Å²) in [5.41, 5.74) is 0.908. The summed E-state index contributed by atoms with van der Waals surface area (Å²) in [7, 11) is 0. The second-order valence-electron chi connectivity index (χ2n) is 5.23. The van der Waals surface area contributed by atoms with Gasteiger partial charge in [-0.2, -0.15) is 0 Å². The molecule has 2 N–H and O–H groups in total. The molecule has 0 spiro atoms. The molecular formula is C17H20N2O2. The van der Waals surface area contributed by atoms with Crippen molar-refractivity contribution in [3.8, 4) is 17.2 Å². The molecule has 0 atom stereocenters. The first-order valence-electron chi connectivity index (χ1n) is 7.29. The van der Waals surface area contributed by atoms with Crippen LogP contribution in [0.25, 0.3) is 0 Å². The van der Waals surface area contributed by atoms with Crippen molar-refractivity contribution in [3.05, 3.63) is 54.1 Å². The molecule has 0 aromatic heterocycles. The minimum absolute atomic E-state index is 0.328. The normalized spacial score (nSPS) is 15.8. The van der Waals surface area contributed by atoms with Gasteiger partial charge in [-0.1, -0.05) is 18.2 Å². The van der Waals surface area contributed by atoms with E-state index >= 15 is 0 Å². The zero-order chi connectivity index (χ0) is 14.5. The first-order valence-corrected chi connectivity index (χ1v) is 7.29. The Labute approximate surface area is 125 Å². The summed E-state index contributed by atoms with van der Waals surface area (Å²) >= 11 is 0. The van der Waals surface area contributed by atoms with E-state index in [0.717, 1.165) is 49.8 Å². The lowest BCUT2D eigenvalue weighted by molar-refractivity contribution is 0.230. The fourth-order valence-corrected chi connectivity index (χ4v) is 2.49. The average molecular weight is 284 g/mol. The molecule has 1 heterocycles. The molecule has 0 aliphatic carbocycles. The maximum absolute atomic E-state index is 10.0. The number of aromatic hydroxyl groups is 1. The number of phenols is 1. The molecule has 2 aromatic rings. The van der Waals surface area contributed by atoms with Gasteiger partial charge in [0.05, 0.1) is 0 Å². The van der Waals surface area contributed by atoms with Gasteiger partial charge in [0.1, 0.15) is 17.2 Å². The van der Waals surface area contributed by atoms with Crippen molar-refractivity contribution in [1.82, 2.24) is 10.2 Å². The van der Waals surface area contributed by atoms with Crippen LogP contribution in [0.2, 0.25) is 0 Å². The van der Waals surface area contributed by atoms with Gasteiger partial charge < -0.3 is 15.2 Å². The van der Waals surface area contributed by atoms with Crippen molar-refractivity contribution in [1.29, 1.82) is 0 Å². The highest BCUT2D eigenvalue weighted by molar-refractivity contribution is 5.41. The van der Waals surface area contributed by atoms with Crippen LogP contribution in [0.4, 0.5) is 0 Å². The predicted octanol–water partition coefficient (Wildman–Crippen LogP) is 2.59. The summed E-state index contributed by atoms with van der Waals surface area (Å²) in [5, 5.41) is 13.4. The van der Waals surface area contributed by atoms with Gasteiger partial charge in [-0.15, -0.1) is 0 Å². The third-order valence-corrected chi connectivity index (χ3v) is 3.63. The van der Waals surface area contributed by atoms with Crippen molar-refractivity contribution in [3.63, 3.8) is 0 Å². The van der Waals surface area contributed by atoms with Crippen molar-refractivity contribution in [2.45, 2.75) is 6.54 Å². The van der Waals surface area contributed by atoms with Crippen molar-refractivity contribution < 1.29 is 9.84 Å². The zero-order valence-electron chi connectivity index (χ0n) is 12.0. The number of rotatable bonds is 4. The van der Waals surface area contributed by atoms with E-state index in [1.165, 1.54) is 0 Å². The minimum Gasteiger partial charge on any atom is -0.508 e. The van der Waals surface area contributed by atoms with E-state index in [-0.39, 0.29) is 0 Å². The Hall–Kier alpha value is -2.04. The third kappa shape index (κ3) is 3.74. The maximum atomic E-state index is 10.0. The van der Waals surface area contributed by atoms with Crippen molar-refractivity contribution in [2.24, 2.45) is 0 Å². The minimum atomic E-state index is 0.328. The predicted molar refractivity (Wildman–Crippen MR) is 82.8 cm³/mol. The summed E-state index contributed by atoms with van der Waals surface area (Å²) in [5.74, 6) is 1.88. The van der Waals surface area contributed by atoms with Gasteiger partial charge in [0, 0.05) is 38.3 Å². The quantitative estimate of drug-likeness (QED) is 0.906. The Kier molecular flexibility index (Phi) is 4.38. The van der Waals surface area contributed by atoms with E-state index in [2.05, 4.69) is 10.2 Å². The first-order chi connectivity index (χ1) is 10.3. The molecular weight excluding hydrogens is 264 g/mol. The van der Waals surface area contributed by atoms with Gasteiger partial charge in [0.15, 0.2) is 0 Å². The van der Waals surface area contributed by atoms with Gasteiger partial charge in [-0.25, -0.2) is 0 Å². The molecule has 4 nitrogen and oxygen atoms in total. The summed E-state index contributed by atoms with van der Waals surface area (Å²) < 4.78 is 5.82. The fourth-order valence-electron chi connectivity index (χ4n) is 2.49. The molecule has 21 heavy (non-hydrogen) atoms. The maximum Gasteiger partial charge on any atom is 0.128 e. The molecule has 110 valence electrons. The lowest BCUT2D eigenvalue weighted by Crippen LogP contribution is -2.42. The Morgan fingerprint density at radius 3 is 2.52 bits per heavy atom. The van der Waals surface area contributed by atoms with Crippen LogP contribution in [-0.2, 0) is 6.54 Å². The van der Waals surface area contributed by atoms with E-state index < -0.39 is 0 Å². The second-order valence-corrected chi connectivity index (χ2v) is 5.23. The smallest absolute Gasteiger partial charge is 0.128 e. The molecule has 2 aromatic carbocycles. The molecule has 0 amide bonds. The number of hydrogen-bond acceptors (Lipinski definition) is 4. The molecule has 1 saturated heterocycles. The van der Waals surface area contributed by atoms with Crippen LogP contribution in [0.3, 0.4) is 0 Å². The second kappa shape index (κ2) is 6.61. The van der Waals surface area contributed by atoms with Crippen LogP contribution >= 0.6 is 0 Å². The van der Waals surface area contributed by atoms with Crippen LogP contribution in [0.15, 0.2) is 48.5 Å². The number of nitrogens with zero attached hydrogens (tertiary/aromatic N) is 1. The van der Waals surface area contributed by atoms with Gasteiger partial charge in [0.25, 0.3) is 0 Å². The molecule has 0 bridgehead atoms. The third-order valence-electron chi connectivity index (χ3n) is 3.63. The number of hydrogen-bond donors (Lipinski definition) is 2. The SMILES string of the molecule is Oc1ccc(Oc2ccccc2)cc1CN1CCNCC1. The number of phenolic OH excluding ortho intramolecular Hbond substituents is 1. The van der Waals surface area contributed by atoms with E-state index in [1.807, 2.05) is 36.4 Å². The Morgan fingerprint density at radius 1 is 1.00 bits per heavy atom. The molecule has 1 aliphatic heterocycles.